The number of carbonyl (C=O) groups excluding carboxylic acids is 1. The summed E-state index contributed by atoms with van der Waals surface area (Å²) in [4.78, 5) is 11.9. The van der Waals surface area contributed by atoms with Gasteiger partial charge in [-0.25, -0.2) is 0 Å². The molecule has 0 heterocycles. The maximum atomic E-state index is 11.9. The third kappa shape index (κ3) is 5.13. The van der Waals surface area contributed by atoms with Gasteiger partial charge in [0.25, 0.3) is 0 Å². The van der Waals surface area contributed by atoms with Crippen LogP contribution >= 0.6 is 28.1 Å². The third-order valence-corrected chi connectivity index (χ3v) is 3.61. The maximum absolute atomic E-state index is 11.9. The molecule has 0 aliphatic rings. The van der Waals surface area contributed by atoms with E-state index in [1.165, 1.54) is 0 Å². The number of carbonyl (C=O) groups is 1. The van der Waals surface area contributed by atoms with E-state index in [2.05, 4.69) is 26.6 Å². The van der Waals surface area contributed by atoms with Crippen molar-refractivity contribution in [2.45, 2.75) is 6.42 Å². The number of halogens is 1. The Hall–Kier alpha value is -1.92. The molecular formula is C16H15BrN2O2S. The van der Waals surface area contributed by atoms with E-state index in [0.29, 0.717) is 0 Å². The van der Waals surface area contributed by atoms with Crippen LogP contribution in [-0.4, -0.2) is 18.1 Å². The van der Waals surface area contributed by atoms with Gasteiger partial charge in [0.05, 0.1) is 13.5 Å². The Morgan fingerprint density at radius 2 is 1.77 bits per heavy atom. The maximum Gasteiger partial charge on any atom is 0.230 e. The summed E-state index contributed by atoms with van der Waals surface area (Å²) >= 11 is 8.49. The number of rotatable bonds is 4. The number of methoxy groups -OCH3 is 1. The van der Waals surface area contributed by atoms with Crippen LogP contribution in [-0.2, 0) is 11.2 Å². The molecule has 0 bridgehead atoms. The van der Waals surface area contributed by atoms with Crippen molar-refractivity contribution in [1.29, 1.82) is 0 Å². The van der Waals surface area contributed by atoms with Crippen molar-refractivity contribution < 1.29 is 9.53 Å². The SMILES string of the molecule is COc1ccc(CC(=O)NC(=S)Nc2ccc(Br)cc2)cc1. The average molecular weight is 379 g/mol. The van der Waals surface area contributed by atoms with E-state index in [0.717, 1.165) is 21.5 Å². The summed E-state index contributed by atoms with van der Waals surface area (Å²) in [7, 11) is 1.61. The number of thiocarbonyl (C=S) groups is 1. The average Bonchev–Trinajstić information content (AvgIpc) is 2.50. The van der Waals surface area contributed by atoms with Crippen LogP contribution in [0.5, 0.6) is 5.75 Å². The standard InChI is InChI=1S/C16H15BrN2O2S/c1-21-14-8-2-11(3-9-14)10-15(20)19-16(22)18-13-6-4-12(17)5-7-13/h2-9H,10H2,1H3,(H2,18,19,20,22). The molecular weight excluding hydrogens is 364 g/mol. The molecule has 0 saturated heterocycles. The number of anilines is 1. The highest BCUT2D eigenvalue weighted by Gasteiger charge is 2.06. The van der Waals surface area contributed by atoms with Crippen LogP contribution in [0, 0.1) is 0 Å². The Kier molecular flexibility index (Phi) is 5.91. The molecule has 22 heavy (non-hydrogen) atoms. The summed E-state index contributed by atoms with van der Waals surface area (Å²) in [6.07, 6.45) is 0.256. The quantitative estimate of drug-likeness (QED) is 0.799. The highest BCUT2D eigenvalue weighted by atomic mass is 79.9. The zero-order valence-electron chi connectivity index (χ0n) is 11.9. The van der Waals surface area contributed by atoms with Gasteiger partial charge in [0, 0.05) is 10.2 Å². The molecule has 114 valence electrons. The second-order valence-electron chi connectivity index (χ2n) is 4.53. The Balaban J connectivity index is 1.85. The van der Waals surface area contributed by atoms with Gasteiger partial charge in [0.1, 0.15) is 5.75 Å². The lowest BCUT2D eigenvalue weighted by Gasteiger charge is -2.10. The summed E-state index contributed by atoms with van der Waals surface area (Å²) in [5.74, 6) is 0.594. The van der Waals surface area contributed by atoms with Gasteiger partial charge in [-0.15, -0.1) is 0 Å². The number of hydrogen-bond acceptors (Lipinski definition) is 3. The monoisotopic (exact) mass is 378 g/mol. The molecule has 4 nitrogen and oxygen atoms in total. The van der Waals surface area contributed by atoms with E-state index in [-0.39, 0.29) is 17.4 Å². The van der Waals surface area contributed by atoms with Gasteiger partial charge in [-0.05, 0) is 54.2 Å². The summed E-state index contributed by atoms with van der Waals surface area (Å²) in [6.45, 7) is 0. The van der Waals surface area contributed by atoms with Gasteiger partial charge in [0.15, 0.2) is 5.11 Å². The zero-order valence-corrected chi connectivity index (χ0v) is 14.3. The molecule has 2 N–H and O–H groups in total. The molecule has 2 aromatic carbocycles. The van der Waals surface area contributed by atoms with E-state index in [9.17, 15) is 4.79 Å². The second-order valence-corrected chi connectivity index (χ2v) is 5.86. The molecule has 0 fully saturated rings. The molecule has 0 radical (unpaired) electrons. The minimum atomic E-state index is -0.167. The minimum absolute atomic E-state index is 0.167. The predicted octanol–water partition coefficient (Wildman–Crippen LogP) is 3.51. The summed E-state index contributed by atoms with van der Waals surface area (Å²) < 4.78 is 6.06. The van der Waals surface area contributed by atoms with Crippen molar-refractivity contribution in [3.63, 3.8) is 0 Å². The van der Waals surface area contributed by atoms with Crippen LogP contribution in [0.4, 0.5) is 5.69 Å². The van der Waals surface area contributed by atoms with Gasteiger partial charge in [-0.1, -0.05) is 28.1 Å². The lowest BCUT2D eigenvalue weighted by atomic mass is 10.1. The van der Waals surface area contributed by atoms with E-state index < -0.39 is 0 Å². The first-order chi connectivity index (χ1) is 10.6. The van der Waals surface area contributed by atoms with Crippen molar-refractivity contribution in [3.05, 3.63) is 58.6 Å². The molecule has 0 spiro atoms. The van der Waals surface area contributed by atoms with E-state index in [1.54, 1.807) is 7.11 Å². The lowest BCUT2D eigenvalue weighted by Crippen LogP contribution is -2.35. The van der Waals surface area contributed by atoms with E-state index >= 15 is 0 Å². The van der Waals surface area contributed by atoms with E-state index in [4.69, 9.17) is 17.0 Å². The van der Waals surface area contributed by atoms with Crippen molar-refractivity contribution >= 4 is 44.9 Å². The Labute approximate surface area is 143 Å². The summed E-state index contributed by atoms with van der Waals surface area (Å²) in [6, 6.07) is 14.9. The minimum Gasteiger partial charge on any atom is -0.497 e. The lowest BCUT2D eigenvalue weighted by molar-refractivity contribution is -0.119. The van der Waals surface area contributed by atoms with Crippen molar-refractivity contribution in [2.75, 3.05) is 12.4 Å². The van der Waals surface area contributed by atoms with Crippen molar-refractivity contribution in [3.8, 4) is 5.75 Å². The number of nitrogens with one attached hydrogen (secondary N) is 2. The van der Waals surface area contributed by atoms with Crippen LogP contribution in [0.3, 0.4) is 0 Å². The summed E-state index contributed by atoms with van der Waals surface area (Å²) in [5.41, 5.74) is 1.71. The largest absolute Gasteiger partial charge is 0.497 e. The number of benzene rings is 2. The van der Waals surface area contributed by atoms with Crippen LogP contribution in [0.1, 0.15) is 5.56 Å². The molecule has 2 rings (SSSR count). The molecule has 0 aromatic heterocycles. The Morgan fingerprint density at radius 1 is 1.14 bits per heavy atom. The van der Waals surface area contributed by atoms with E-state index in [1.807, 2.05) is 48.5 Å². The highest BCUT2D eigenvalue weighted by molar-refractivity contribution is 9.10. The Bertz CT molecular complexity index is 657. The molecule has 6 heteroatoms. The first kappa shape index (κ1) is 16.5. The number of amides is 1. The molecule has 0 aliphatic carbocycles. The first-order valence-corrected chi connectivity index (χ1v) is 7.76. The van der Waals surface area contributed by atoms with Crippen molar-refractivity contribution in [1.82, 2.24) is 5.32 Å². The van der Waals surface area contributed by atoms with Crippen LogP contribution in [0.2, 0.25) is 0 Å². The smallest absolute Gasteiger partial charge is 0.230 e. The zero-order chi connectivity index (χ0) is 15.9. The fourth-order valence-corrected chi connectivity index (χ4v) is 2.29. The van der Waals surface area contributed by atoms with Crippen LogP contribution < -0.4 is 15.4 Å². The van der Waals surface area contributed by atoms with Gasteiger partial charge >= 0.3 is 0 Å². The van der Waals surface area contributed by atoms with Crippen LogP contribution in [0.15, 0.2) is 53.0 Å². The number of ether oxygens (including phenoxy) is 1. The van der Waals surface area contributed by atoms with Crippen molar-refractivity contribution in [2.24, 2.45) is 0 Å². The van der Waals surface area contributed by atoms with Crippen LogP contribution in [0.25, 0.3) is 0 Å². The molecule has 1 amide bonds. The Morgan fingerprint density at radius 3 is 2.36 bits per heavy atom. The summed E-state index contributed by atoms with van der Waals surface area (Å²) in [5, 5.41) is 5.90. The first-order valence-electron chi connectivity index (χ1n) is 6.56. The fourth-order valence-electron chi connectivity index (χ4n) is 1.80. The second kappa shape index (κ2) is 7.91. The van der Waals surface area contributed by atoms with Gasteiger partial charge < -0.3 is 15.4 Å². The fraction of sp³-hybridized carbons (Fsp3) is 0.125. The topological polar surface area (TPSA) is 50.4 Å². The normalized spacial score (nSPS) is 9.91. The molecule has 2 aromatic rings. The molecule has 0 unspecified atom stereocenters. The van der Waals surface area contributed by atoms with Gasteiger partial charge in [-0.3, -0.25) is 4.79 Å². The number of hydrogen-bond donors (Lipinski definition) is 2. The van der Waals surface area contributed by atoms with Gasteiger partial charge in [0.2, 0.25) is 5.91 Å². The molecule has 0 atom stereocenters. The highest BCUT2D eigenvalue weighted by Crippen LogP contribution is 2.14. The predicted molar refractivity (Wildman–Crippen MR) is 95.2 cm³/mol. The third-order valence-electron chi connectivity index (χ3n) is 2.88. The molecule has 0 aliphatic heterocycles. The van der Waals surface area contributed by atoms with Gasteiger partial charge in [-0.2, -0.15) is 0 Å². The molecule has 0 saturated carbocycles.